The molecule has 2 heterocycles. The summed E-state index contributed by atoms with van der Waals surface area (Å²) >= 11 is 5.40. The molecule has 0 saturated carbocycles. The molecule has 2 rings (SSSR count). The minimum absolute atomic E-state index is 0.779. The summed E-state index contributed by atoms with van der Waals surface area (Å²) in [6, 6.07) is 0. The van der Waals surface area contributed by atoms with Gasteiger partial charge in [-0.15, -0.1) is 0 Å². The number of aromatic nitrogens is 2. The number of rotatable bonds is 2. The maximum Gasteiger partial charge on any atom is 0.0841 e. The van der Waals surface area contributed by atoms with Crippen LogP contribution in [0.4, 0.5) is 0 Å². The van der Waals surface area contributed by atoms with Gasteiger partial charge in [0, 0.05) is 25.2 Å². The van der Waals surface area contributed by atoms with E-state index in [0.29, 0.717) is 0 Å². The number of hydrogen-bond donors (Lipinski definition) is 1. The normalized spacial score (nSPS) is 16.7. The zero-order valence-electron chi connectivity index (χ0n) is 8.82. The highest BCUT2D eigenvalue weighted by Crippen LogP contribution is 2.08. The molecular weight excluding hydrogens is 210 g/mol. The van der Waals surface area contributed by atoms with Crippen LogP contribution in [-0.2, 0) is 11.2 Å². The van der Waals surface area contributed by atoms with Crippen LogP contribution in [-0.4, -0.2) is 46.4 Å². The van der Waals surface area contributed by atoms with Crippen LogP contribution in [0.15, 0.2) is 6.20 Å². The lowest BCUT2D eigenvalue weighted by Gasteiger charge is -2.29. The van der Waals surface area contributed by atoms with Crippen LogP contribution in [0.5, 0.6) is 0 Å². The second-order valence-corrected chi connectivity index (χ2v) is 4.17. The van der Waals surface area contributed by atoms with E-state index in [0.717, 1.165) is 43.4 Å². The summed E-state index contributed by atoms with van der Waals surface area (Å²) in [6.07, 6.45) is 2.61. The highest BCUT2D eigenvalue weighted by atomic mass is 32.1. The Morgan fingerprint density at radius 1 is 1.60 bits per heavy atom. The fraction of sp³-hybridized carbons (Fsp3) is 0.600. The fourth-order valence-electron chi connectivity index (χ4n) is 1.63. The van der Waals surface area contributed by atoms with Crippen LogP contribution < -0.4 is 0 Å². The van der Waals surface area contributed by atoms with Gasteiger partial charge < -0.3 is 9.64 Å². The van der Waals surface area contributed by atoms with E-state index in [4.69, 9.17) is 17.0 Å². The molecule has 0 unspecified atom stereocenters. The van der Waals surface area contributed by atoms with Crippen molar-refractivity contribution in [2.45, 2.75) is 13.3 Å². The lowest BCUT2D eigenvalue weighted by molar-refractivity contribution is 0.0684. The molecule has 15 heavy (non-hydrogen) atoms. The van der Waals surface area contributed by atoms with Crippen LogP contribution in [0.2, 0.25) is 0 Å². The van der Waals surface area contributed by atoms with Crippen LogP contribution in [0.3, 0.4) is 0 Å². The Balaban J connectivity index is 1.94. The van der Waals surface area contributed by atoms with Crippen molar-refractivity contribution in [1.29, 1.82) is 0 Å². The van der Waals surface area contributed by atoms with Gasteiger partial charge in [-0.25, -0.2) is 0 Å². The van der Waals surface area contributed by atoms with Crippen molar-refractivity contribution in [1.82, 2.24) is 15.1 Å². The molecule has 4 nitrogen and oxygen atoms in total. The highest BCUT2D eigenvalue weighted by molar-refractivity contribution is 7.80. The number of morpholine rings is 1. The van der Waals surface area contributed by atoms with Gasteiger partial charge in [-0.1, -0.05) is 12.2 Å². The number of hydrogen-bond acceptors (Lipinski definition) is 3. The molecule has 1 N–H and O–H groups in total. The number of ether oxygens (including phenoxy) is 1. The molecule has 0 bridgehead atoms. The van der Waals surface area contributed by atoms with Gasteiger partial charge in [0.25, 0.3) is 0 Å². The third kappa shape index (κ3) is 2.54. The van der Waals surface area contributed by atoms with E-state index >= 15 is 0 Å². The second-order valence-electron chi connectivity index (χ2n) is 3.70. The van der Waals surface area contributed by atoms with Crippen molar-refractivity contribution in [3.05, 3.63) is 17.5 Å². The van der Waals surface area contributed by atoms with Gasteiger partial charge in [0.1, 0.15) is 0 Å². The first-order valence-corrected chi connectivity index (χ1v) is 5.52. The van der Waals surface area contributed by atoms with Gasteiger partial charge in [0.15, 0.2) is 0 Å². The van der Waals surface area contributed by atoms with E-state index in [1.807, 2.05) is 13.1 Å². The summed E-state index contributed by atoms with van der Waals surface area (Å²) < 4.78 is 5.29. The largest absolute Gasteiger partial charge is 0.378 e. The lowest BCUT2D eigenvalue weighted by Crippen LogP contribution is -2.40. The van der Waals surface area contributed by atoms with Crippen LogP contribution >= 0.6 is 12.2 Å². The summed E-state index contributed by atoms with van der Waals surface area (Å²) in [6.45, 7) is 5.42. The first-order valence-electron chi connectivity index (χ1n) is 5.12. The SMILES string of the molecule is Cc1cn[nH]c1CC(=S)N1CCOCC1. The molecule has 1 aliphatic rings. The van der Waals surface area contributed by atoms with Crippen LogP contribution in [0.1, 0.15) is 11.3 Å². The van der Waals surface area contributed by atoms with Gasteiger partial charge in [-0.2, -0.15) is 5.10 Å². The van der Waals surface area contributed by atoms with E-state index in [1.165, 1.54) is 5.56 Å². The van der Waals surface area contributed by atoms with Crippen molar-refractivity contribution < 1.29 is 4.74 Å². The molecule has 0 aromatic carbocycles. The van der Waals surface area contributed by atoms with E-state index < -0.39 is 0 Å². The Morgan fingerprint density at radius 2 is 2.33 bits per heavy atom. The zero-order valence-corrected chi connectivity index (χ0v) is 9.64. The third-order valence-corrected chi connectivity index (χ3v) is 3.03. The monoisotopic (exact) mass is 225 g/mol. The summed E-state index contributed by atoms with van der Waals surface area (Å²) in [5, 5.41) is 6.97. The van der Waals surface area contributed by atoms with Crippen molar-refractivity contribution in [2.75, 3.05) is 26.3 Å². The Labute approximate surface area is 94.6 Å². The predicted octanol–water partition coefficient (Wildman–Crippen LogP) is 0.920. The number of aromatic amines is 1. The molecule has 0 atom stereocenters. The van der Waals surface area contributed by atoms with Crippen LogP contribution in [0.25, 0.3) is 0 Å². The Hall–Kier alpha value is -0.940. The quantitative estimate of drug-likeness (QED) is 0.760. The topological polar surface area (TPSA) is 41.2 Å². The molecule has 0 amide bonds. The standard InChI is InChI=1S/C10H15N3OS/c1-8-7-11-12-9(8)6-10(15)13-2-4-14-5-3-13/h7H,2-6H2,1H3,(H,11,12). The van der Waals surface area contributed by atoms with E-state index in [1.54, 1.807) is 0 Å². The number of nitrogens with one attached hydrogen (secondary N) is 1. The predicted molar refractivity (Wildman–Crippen MR) is 62.0 cm³/mol. The Morgan fingerprint density at radius 3 is 2.93 bits per heavy atom. The van der Waals surface area contributed by atoms with Gasteiger partial charge in [0.05, 0.1) is 24.4 Å². The molecule has 1 aliphatic heterocycles. The number of aryl methyl sites for hydroxylation is 1. The molecule has 0 spiro atoms. The van der Waals surface area contributed by atoms with Gasteiger partial charge in [-0.3, -0.25) is 5.10 Å². The molecule has 1 saturated heterocycles. The lowest BCUT2D eigenvalue weighted by atomic mass is 10.2. The average Bonchev–Trinajstić information content (AvgIpc) is 2.66. The molecule has 1 aromatic rings. The Bertz CT molecular complexity index is 344. The molecule has 1 fully saturated rings. The van der Waals surface area contributed by atoms with E-state index in [9.17, 15) is 0 Å². The first kappa shape index (κ1) is 10.6. The summed E-state index contributed by atoms with van der Waals surface area (Å²) in [5.41, 5.74) is 2.29. The van der Waals surface area contributed by atoms with Crippen molar-refractivity contribution in [2.24, 2.45) is 0 Å². The summed E-state index contributed by atoms with van der Waals surface area (Å²) in [4.78, 5) is 3.18. The molecular formula is C10H15N3OS. The number of H-pyrrole nitrogens is 1. The molecule has 0 aliphatic carbocycles. The Kier molecular flexibility index (Phi) is 3.33. The van der Waals surface area contributed by atoms with E-state index in [-0.39, 0.29) is 0 Å². The fourth-order valence-corrected chi connectivity index (χ4v) is 1.95. The molecule has 5 heteroatoms. The van der Waals surface area contributed by atoms with Gasteiger partial charge in [-0.05, 0) is 12.5 Å². The molecule has 0 radical (unpaired) electrons. The minimum Gasteiger partial charge on any atom is -0.378 e. The number of nitrogens with zero attached hydrogens (tertiary/aromatic N) is 2. The van der Waals surface area contributed by atoms with Crippen molar-refractivity contribution >= 4 is 17.2 Å². The maximum absolute atomic E-state index is 5.40. The highest BCUT2D eigenvalue weighted by Gasteiger charge is 2.14. The average molecular weight is 225 g/mol. The first-order chi connectivity index (χ1) is 7.27. The van der Waals surface area contributed by atoms with Gasteiger partial charge >= 0.3 is 0 Å². The smallest absolute Gasteiger partial charge is 0.0841 e. The third-order valence-electron chi connectivity index (χ3n) is 2.63. The zero-order chi connectivity index (χ0) is 10.7. The minimum atomic E-state index is 0.779. The maximum atomic E-state index is 5.40. The van der Waals surface area contributed by atoms with Crippen LogP contribution in [0, 0.1) is 6.92 Å². The molecule has 1 aromatic heterocycles. The van der Waals surface area contributed by atoms with Crippen molar-refractivity contribution in [3.8, 4) is 0 Å². The molecule has 82 valence electrons. The van der Waals surface area contributed by atoms with Gasteiger partial charge in [0.2, 0.25) is 0 Å². The van der Waals surface area contributed by atoms with Crippen molar-refractivity contribution in [3.63, 3.8) is 0 Å². The second kappa shape index (κ2) is 4.72. The van der Waals surface area contributed by atoms with E-state index in [2.05, 4.69) is 15.1 Å². The summed E-state index contributed by atoms with van der Waals surface area (Å²) in [7, 11) is 0. The number of thiocarbonyl (C=S) groups is 1. The summed E-state index contributed by atoms with van der Waals surface area (Å²) in [5.74, 6) is 0.